The molecule has 0 amide bonds. The lowest BCUT2D eigenvalue weighted by molar-refractivity contribution is 0.408. The van der Waals surface area contributed by atoms with Crippen LogP contribution in [0.5, 0.6) is 5.75 Å². The van der Waals surface area contributed by atoms with Gasteiger partial charge in [0.25, 0.3) is 0 Å². The molecule has 0 saturated heterocycles. The van der Waals surface area contributed by atoms with Crippen LogP contribution in [-0.2, 0) is 0 Å². The maximum absolute atomic E-state index is 5.14. The Morgan fingerprint density at radius 2 is 1.50 bits per heavy atom. The van der Waals surface area contributed by atoms with Crippen LogP contribution in [0, 0.1) is 13.8 Å². The molecule has 0 radical (unpaired) electrons. The van der Waals surface area contributed by atoms with Crippen LogP contribution in [0.25, 0.3) is 0 Å². The van der Waals surface area contributed by atoms with Gasteiger partial charge >= 0.3 is 0 Å². The average molecular weight is 167 g/mol. The van der Waals surface area contributed by atoms with Crippen LogP contribution in [0.15, 0.2) is 12.4 Å². The molecule has 0 fully saturated rings. The summed E-state index contributed by atoms with van der Waals surface area (Å²) in [5, 5.41) is 0. The van der Waals surface area contributed by atoms with Crippen LogP contribution in [0.4, 0.5) is 0 Å². The summed E-state index contributed by atoms with van der Waals surface area (Å²) in [6.07, 6.45) is 3.59. The minimum absolute atomic E-state index is 0.940. The molecule has 1 aromatic heterocycles. The molecule has 0 aliphatic rings. The van der Waals surface area contributed by atoms with E-state index < -0.39 is 0 Å². The zero-order valence-electron chi connectivity index (χ0n) is 8.51. The highest BCUT2D eigenvalue weighted by Gasteiger charge is 1.99. The van der Waals surface area contributed by atoms with Crippen molar-refractivity contribution in [3.05, 3.63) is 23.5 Å². The highest BCUT2D eigenvalue weighted by Crippen LogP contribution is 2.19. The number of methoxy groups -OCH3 is 1. The Kier molecular flexibility index (Phi) is 5.09. The molecule has 0 aliphatic heterocycles. The molecule has 1 aromatic rings. The predicted molar refractivity (Wildman–Crippen MR) is 51.6 cm³/mol. The van der Waals surface area contributed by atoms with Gasteiger partial charge in [-0.15, -0.1) is 0 Å². The van der Waals surface area contributed by atoms with E-state index in [1.54, 1.807) is 19.5 Å². The SMILES string of the molecule is CC.COc1c(C)cncc1C. The van der Waals surface area contributed by atoms with Gasteiger partial charge < -0.3 is 4.74 Å². The Morgan fingerprint density at radius 1 is 1.08 bits per heavy atom. The lowest BCUT2D eigenvalue weighted by Crippen LogP contribution is -1.91. The van der Waals surface area contributed by atoms with Crippen molar-refractivity contribution in [2.24, 2.45) is 0 Å². The molecule has 0 N–H and O–H groups in total. The van der Waals surface area contributed by atoms with E-state index >= 15 is 0 Å². The Morgan fingerprint density at radius 3 is 1.75 bits per heavy atom. The molecule has 1 heterocycles. The second-order valence-corrected chi connectivity index (χ2v) is 2.31. The van der Waals surface area contributed by atoms with Crippen molar-refractivity contribution in [1.82, 2.24) is 4.98 Å². The maximum Gasteiger partial charge on any atom is 0.127 e. The summed E-state index contributed by atoms with van der Waals surface area (Å²) < 4.78 is 5.14. The second kappa shape index (κ2) is 5.58. The van der Waals surface area contributed by atoms with E-state index in [-0.39, 0.29) is 0 Å². The van der Waals surface area contributed by atoms with E-state index in [0.29, 0.717) is 0 Å². The molecule has 0 unspecified atom stereocenters. The van der Waals surface area contributed by atoms with Crippen molar-refractivity contribution in [2.75, 3.05) is 7.11 Å². The molecule has 0 aromatic carbocycles. The van der Waals surface area contributed by atoms with Crippen molar-refractivity contribution in [1.29, 1.82) is 0 Å². The molecule has 0 spiro atoms. The van der Waals surface area contributed by atoms with Crippen molar-refractivity contribution >= 4 is 0 Å². The van der Waals surface area contributed by atoms with Crippen LogP contribution in [0.1, 0.15) is 25.0 Å². The molecular weight excluding hydrogens is 150 g/mol. The van der Waals surface area contributed by atoms with E-state index in [9.17, 15) is 0 Å². The molecule has 0 atom stereocenters. The van der Waals surface area contributed by atoms with E-state index in [2.05, 4.69) is 4.98 Å². The van der Waals surface area contributed by atoms with E-state index in [0.717, 1.165) is 16.9 Å². The second-order valence-electron chi connectivity index (χ2n) is 2.31. The minimum Gasteiger partial charge on any atom is -0.496 e. The van der Waals surface area contributed by atoms with Crippen LogP contribution < -0.4 is 4.74 Å². The smallest absolute Gasteiger partial charge is 0.127 e. The summed E-state index contributed by atoms with van der Waals surface area (Å²) in [5.41, 5.74) is 2.17. The van der Waals surface area contributed by atoms with Gasteiger partial charge in [0.05, 0.1) is 7.11 Å². The minimum atomic E-state index is 0.940. The Balaban J connectivity index is 0.000000561. The number of ether oxygens (including phenoxy) is 1. The number of aromatic nitrogens is 1. The summed E-state index contributed by atoms with van der Waals surface area (Å²) in [6.45, 7) is 7.97. The summed E-state index contributed by atoms with van der Waals surface area (Å²) in [4.78, 5) is 4.01. The van der Waals surface area contributed by atoms with Gasteiger partial charge in [0.1, 0.15) is 5.75 Å². The van der Waals surface area contributed by atoms with Crippen LogP contribution in [0.3, 0.4) is 0 Å². The number of hydrogen-bond donors (Lipinski definition) is 0. The lowest BCUT2D eigenvalue weighted by atomic mass is 10.2. The number of rotatable bonds is 1. The third-order valence-corrected chi connectivity index (χ3v) is 1.46. The lowest BCUT2D eigenvalue weighted by Gasteiger charge is -2.05. The first-order chi connectivity index (χ1) is 5.75. The first kappa shape index (κ1) is 11.0. The zero-order valence-corrected chi connectivity index (χ0v) is 8.51. The van der Waals surface area contributed by atoms with Gasteiger partial charge in [0.15, 0.2) is 0 Å². The normalized spacial score (nSPS) is 8.42. The fourth-order valence-electron chi connectivity index (χ4n) is 1.01. The Hall–Kier alpha value is -1.05. The summed E-state index contributed by atoms with van der Waals surface area (Å²) in [5.74, 6) is 0.940. The number of nitrogens with zero attached hydrogens (tertiary/aromatic N) is 1. The van der Waals surface area contributed by atoms with Crippen molar-refractivity contribution in [3.8, 4) is 5.75 Å². The summed E-state index contributed by atoms with van der Waals surface area (Å²) in [7, 11) is 1.68. The fraction of sp³-hybridized carbons (Fsp3) is 0.500. The average Bonchev–Trinajstić information content (AvgIpc) is 2.08. The van der Waals surface area contributed by atoms with Gasteiger partial charge in [-0.05, 0) is 13.8 Å². The Bertz CT molecular complexity index is 213. The van der Waals surface area contributed by atoms with E-state index in [4.69, 9.17) is 4.74 Å². The molecule has 1 rings (SSSR count). The van der Waals surface area contributed by atoms with Gasteiger partial charge in [0, 0.05) is 23.5 Å². The molecular formula is C10H17NO. The summed E-state index contributed by atoms with van der Waals surface area (Å²) >= 11 is 0. The van der Waals surface area contributed by atoms with Gasteiger partial charge in [-0.2, -0.15) is 0 Å². The molecule has 0 saturated carbocycles. The van der Waals surface area contributed by atoms with E-state index in [1.807, 2.05) is 27.7 Å². The van der Waals surface area contributed by atoms with Crippen LogP contribution in [-0.4, -0.2) is 12.1 Å². The fourth-order valence-corrected chi connectivity index (χ4v) is 1.01. The highest BCUT2D eigenvalue weighted by atomic mass is 16.5. The van der Waals surface area contributed by atoms with Crippen LogP contribution in [0.2, 0.25) is 0 Å². The third kappa shape index (κ3) is 2.53. The molecule has 0 aliphatic carbocycles. The summed E-state index contributed by atoms with van der Waals surface area (Å²) in [6, 6.07) is 0. The van der Waals surface area contributed by atoms with Crippen molar-refractivity contribution in [3.63, 3.8) is 0 Å². The standard InChI is InChI=1S/C8H11NO.C2H6/c1-6-4-9-5-7(2)8(6)10-3;1-2/h4-5H,1-3H3;1-2H3. The van der Waals surface area contributed by atoms with Gasteiger partial charge in [-0.1, -0.05) is 13.8 Å². The molecule has 68 valence electrons. The topological polar surface area (TPSA) is 22.1 Å². The molecule has 2 nitrogen and oxygen atoms in total. The first-order valence-electron chi connectivity index (χ1n) is 4.21. The van der Waals surface area contributed by atoms with Gasteiger partial charge in [0.2, 0.25) is 0 Å². The first-order valence-corrected chi connectivity index (χ1v) is 4.21. The number of aryl methyl sites for hydroxylation is 2. The highest BCUT2D eigenvalue weighted by molar-refractivity contribution is 5.36. The largest absolute Gasteiger partial charge is 0.496 e. The molecule has 2 heteroatoms. The Labute approximate surface area is 74.6 Å². The van der Waals surface area contributed by atoms with Gasteiger partial charge in [-0.25, -0.2) is 0 Å². The maximum atomic E-state index is 5.14. The monoisotopic (exact) mass is 167 g/mol. The third-order valence-electron chi connectivity index (χ3n) is 1.46. The molecule has 0 bridgehead atoms. The number of hydrogen-bond acceptors (Lipinski definition) is 2. The van der Waals surface area contributed by atoms with Gasteiger partial charge in [-0.3, -0.25) is 4.98 Å². The van der Waals surface area contributed by atoms with Crippen molar-refractivity contribution < 1.29 is 4.74 Å². The van der Waals surface area contributed by atoms with Crippen LogP contribution >= 0.6 is 0 Å². The predicted octanol–water partition coefficient (Wildman–Crippen LogP) is 2.73. The number of pyridine rings is 1. The van der Waals surface area contributed by atoms with Crippen molar-refractivity contribution in [2.45, 2.75) is 27.7 Å². The molecule has 12 heavy (non-hydrogen) atoms. The zero-order chi connectivity index (χ0) is 9.56. The quantitative estimate of drug-likeness (QED) is 0.641. The van der Waals surface area contributed by atoms with E-state index in [1.165, 1.54) is 0 Å².